The van der Waals surface area contributed by atoms with E-state index >= 15 is 0 Å². The molecule has 0 aliphatic heterocycles. The Labute approximate surface area is 152 Å². The summed E-state index contributed by atoms with van der Waals surface area (Å²) < 4.78 is 32.4. The van der Waals surface area contributed by atoms with Crippen LogP contribution in [0.1, 0.15) is 23.3 Å². The van der Waals surface area contributed by atoms with Gasteiger partial charge in [0.1, 0.15) is 11.4 Å². The van der Waals surface area contributed by atoms with Crippen LogP contribution < -0.4 is 9.46 Å². The largest absolute Gasteiger partial charge is 0.497 e. The molecule has 2 aromatic rings. The molecule has 1 unspecified atom stereocenters. The summed E-state index contributed by atoms with van der Waals surface area (Å²) in [7, 11) is -1.87. The van der Waals surface area contributed by atoms with Gasteiger partial charge < -0.3 is 9.84 Å². The lowest BCUT2D eigenvalue weighted by molar-refractivity contribution is 0.0222. The molecule has 0 bridgehead atoms. The number of aryl methyl sites for hydroxylation is 1. The Kier molecular flexibility index (Phi) is 5.48. The molecule has 7 heteroatoms. The van der Waals surface area contributed by atoms with Crippen molar-refractivity contribution in [1.29, 1.82) is 0 Å². The molecule has 1 aliphatic carbocycles. The van der Waals surface area contributed by atoms with E-state index in [-0.39, 0.29) is 18.2 Å². The van der Waals surface area contributed by atoms with Gasteiger partial charge in [-0.3, -0.25) is 0 Å². The smallest absolute Gasteiger partial charge is 0.212 e. The van der Waals surface area contributed by atoms with Crippen LogP contribution in [0.25, 0.3) is 0 Å². The summed E-state index contributed by atoms with van der Waals surface area (Å²) in [5, 5.41) is 12.9. The minimum absolute atomic E-state index is 0.00941. The fourth-order valence-corrected chi connectivity index (χ4v) is 4.85. The van der Waals surface area contributed by atoms with Gasteiger partial charge in [-0.05, 0) is 54.3 Å². The second kappa shape index (κ2) is 7.45. The summed E-state index contributed by atoms with van der Waals surface area (Å²) in [5.74, 6) is 0.871. The van der Waals surface area contributed by atoms with E-state index in [1.165, 1.54) is 11.3 Å². The van der Waals surface area contributed by atoms with Crippen molar-refractivity contribution in [2.24, 2.45) is 5.92 Å². The molecule has 1 atom stereocenters. The molecule has 0 amide bonds. The van der Waals surface area contributed by atoms with E-state index in [4.69, 9.17) is 4.74 Å². The highest BCUT2D eigenvalue weighted by Crippen LogP contribution is 2.46. The molecule has 2 N–H and O–H groups in total. The van der Waals surface area contributed by atoms with Crippen LogP contribution in [-0.2, 0) is 22.0 Å². The van der Waals surface area contributed by atoms with Gasteiger partial charge in [-0.15, -0.1) is 11.3 Å². The first-order valence-electron chi connectivity index (χ1n) is 8.29. The summed E-state index contributed by atoms with van der Waals surface area (Å²) >= 11 is 1.47. The van der Waals surface area contributed by atoms with E-state index in [9.17, 15) is 13.5 Å². The fourth-order valence-electron chi connectivity index (χ4n) is 2.85. The molecule has 1 heterocycles. The number of benzene rings is 1. The van der Waals surface area contributed by atoms with Gasteiger partial charge in [0.15, 0.2) is 0 Å². The summed E-state index contributed by atoms with van der Waals surface area (Å²) in [6, 6.07) is 11.1. The van der Waals surface area contributed by atoms with Crippen molar-refractivity contribution in [3.05, 3.63) is 52.2 Å². The van der Waals surface area contributed by atoms with Crippen LogP contribution in [0.15, 0.2) is 41.8 Å². The fraction of sp³-hybridized carbons (Fsp3) is 0.444. The van der Waals surface area contributed by atoms with Crippen LogP contribution in [0.4, 0.5) is 0 Å². The van der Waals surface area contributed by atoms with E-state index in [1.807, 2.05) is 41.8 Å². The third-order valence-corrected chi connectivity index (χ3v) is 6.94. The molecule has 25 heavy (non-hydrogen) atoms. The Morgan fingerprint density at radius 3 is 2.56 bits per heavy atom. The quantitative estimate of drug-likeness (QED) is 0.700. The zero-order chi connectivity index (χ0) is 17.9. The lowest BCUT2D eigenvalue weighted by Gasteiger charge is -2.27. The number of hydrogen-bond donors (Lipinski definition) is 2. The van der Waals surface area contributed by atoms with E-state index in [0.29, 0.717) is 6.42 Å². The summed E-state index contributed by atoms with van der Waals surface area (Å²) in [6.07, 6.45) is 2.28. The van der Waals surface area contributed by atoms with Crippen LogP contribution in [-0.4, -0.2) is 32.9 Å². The number of hydrogen-bond acceptors (Lipinski definition) is 5. The molecular weight excluding hydrogens is 358 g/mol. The first-order valence-corrected chi connectivity index (χ1v) is 10.8. The molecular formula is C18H23NO4S2. The number of ether oxygens (including phenoxy) is 1. The number of methoxy groups -OCH3 is 1. The van der Waals surface area contributed by atoms with E-state index < -0.39 is 15.6 Å². The molecule has 1 aromatic carbocycles. The maximum absolute atomic E-state index is 12.3. The van der Waals surface area contributed by atoms with Crippen LogP contribution in [0.3, 0.4) is 0 Å². The van der Waals surface area contributed by atoms with Gasteiger partial charge in [0.25, 0.3) is 0 Å². The molecule has 136 valence electrons. The number of nitrogens with one attached hydrogen (secondary N) is 1. The van der Waals surface area contributed by atoms with Crippen LogP contribution in [0, 0.1) is 5.92 Å². The SMILES string of the molecule is COc1ccc(CCS(=O)(=O)NCC(O)(c2cccs2)C2CC2)cc1. The van der Waals surface area contributed by atoms with Gasteiger partial charge in [0.05, 0.1) is 12.9 Å². The lowest BCUT2D eigenvalue weighted by atomic mass is 9.96. The molecule has 1 aromatic heterocycles. The zero-order valence-electron chi connectivity index (χ0n) is 14.1. The molecule has 1 saturated carbocycles. The molecule has 0 radical (unpaired) electrons. The summed E-state index contributed by atoms with van der Waals surface area (Å²) in [6.45, 7) is 0.0309. The van der Waals surface area contributed by atoms with Gasteiger partial charge in [0.2, 0.25) is 10.0 Å². The molecule has 0 spiro atoms. The van der Waals surface area contributed by atoms with Crippen LogP contribution in [0.5, 0.6) is 5.75 Å². The van der Waals surface area contributed by atoms with Gasteiger partial charge in [-0.25, -0.2) is 13.1 Å². The first kappa shape index (κ1) is 18.4. The average Bonchev–Trinajstić information content (AvgIpc) is 3.33. The number of sulfonamides is 1. The number of aliphatic hydroxyl groups is 1. The summed E-state index contributed by atoms with van der Waals surface area (Å²) in [4.78, 5) is 0.827. The Hall–Kier alpha value is -1.41. The maximum atomic E-state index is 12.3. The van der Waals surface area contributed by atoms with E-state index in [0.717, 1.165) is 29.0 Å². The third kappa shape index (κ3) is 4.61. The number of thiophene rings is 1. The van der Waals surface area contributed by atoms with Crippen LogP contribution in [0.2, 0.25) is 0 Å². The Morgan fingerprint density at radius 2 is 2.00 bits per heavy atom. The van der Waals surface area contributed by atoms with Crippen molar-refractivity contribution in [3.8, 4) is 5.75 Å². The van der Waals surface area contributed by atoms with Crippen molar-refractivity contribution in [3.63, 3.8) is 0 Å². The molecule has 0 saturated heterocycles. The predicted octanol–water partition coefficient (Wildman–Crippen LogP) is 2.52. The second-order valence-corrected chi connectivity index (χ2v) is 9.29. The van der Waals surface area contributed by atoms with Gasteiger partial charge in [0, 0.05) is 11.4 Å². The maximum Gasteiger partial charge on any atom is 0.212 e. The highest BCUT2D eigenvalue weighted by atomic mass is 32.2. The first-order chi connectivity index (χ1) is 11.9. The lowest BCUT2D eigenvalue weighted by Crippen LogP contribution is -2.42. The van der Waals surface area contributed by atoms with Crippen molar-refractivity contribution in [2.45, 2.75) is 24.9 Å². The van der Waals surface area contributed by atoms with E-state index in [2.05, 4.69) is 4.72 Å². The minimum Gasteiger partial charge on any atom is -0.497 e. The van der Waals surface area contributed by atoms with Crippen molar-refractivity contribution in [2.75, 3.05) is 19.4 Å². The standard InChI is InChI=1S/C18H23NO4S2/c1-23-16-8-4-14(5-9-16)10-12-25(21,22)19-13-18(20,15-6-7-15)17-3-2-11-24-17/h2-5,8-9,11,15,19-20H,6-7,10,12-13H2,1H3. The monoisotopic (exact) mass is 381 g/mol. The third-order valence-electron chi connectivity index (χ3n) is 4.58. The summed E-state index contributed by atoms with van der Waals surface area (Å²) in [5.41, 5.74) is -0.164. The van der Waals surface area contributed by atoms with Crippen molar-refractivity contribution >= 4 is 21.4 Å². The van der Waals surface area contributed by atoms with Crippen molar-refractivity contribution < 1.29 is 18.3 Å². The highest BCUT2D eigenvalue weighted by molar-refractivity contribution is 7.89. The molecule has 1 aliphatic rings. The van der Waals surface area contributed by atoms with Crippen LogP contribution >= 0.6 is 11.3 Å². The minimum atomic E-state index is -3.46. The Balaban J connectivity index is 1.59. The molecule has 3 rings (SSSR count). The van der Waals surface area contributed by atoms with Gasteiger partial charge in [-0.2, -0.15) is 0 Å². The van der Waals surface area contributed by atoms with Crippen molar-refractivity contribution in [1.82, 2.24) is 4.72 Å². The highest BCUT2D eigenvalue weighted by Gasteiger charge is 2.46. The molecule has 1 fully saturated rings. The zero-order valence-corrected chi connectivity index (χ0v) is 15.8. The predicted molar refractivity (Wildman–Crippen MR) is 99.4 cm³/mol. The van der Waals surface area contributed by atoms with E-state index in [1.54, 1.807) is 7.11 Å². The Morgan fingerprint density at radius 1 is 1.28 bits per heavy atom. The van der Waals surface area contributed by atoms with Gasteiger partial charge in [-0.1, -0.05) is 18.2 Å². The molecule has 5 nitrogen and oxygen atoms in total. The Bertz CT molecular complexity index is 783. The normalized spacial score (nSPS) is 17.2. The topological polar surface area (TPSA) is 75.6 Å². The average molecular weight is 382 g/mol. The second-order valence-electron chi connectivity index (χ2n) is 6.41. The number of rotatable bonds is 9. The van der Waals surface area contributed by atoms with Gasteiger partial charge >= 0.3 is 0 Å².